The van der Waals surface area contributed by atoms with Gasteiger partial charge < -0.3 is 15.5 Å². The van der Waals surface area contributed by atoms with Gasteiger partial charge in [0.1, 0.15) is 5.82 Å². The van der Waals surface area contributed by atoms with Crippen molar-refractivity contribution in [1.29, 1.82) is 5.26 Å². The molecule has 0 aromatic heterocycles. The number of halogens is 1. The number of piperazine rings is 1. The molecule has 0 amide bonds. The first kappa shape index (κ1) is 13.8. The molecule has 1 fully saturated rings. The van der Waals surface area contributed by atoms with E-state index in [-0.39, 0.29) is 5.82 Å². The smallest absolute Gasteiger partial charge is 0.147 e. The first-order chi connectivity index (χ1) is 9.29. The quantitative estimate of drug-likeness (QED) is 0.788. The molecule has 5 heteroatoms. The van der Waals surface area contributed by atoms with E-state index in [0.717, 1.165) is 45.7 Å². The monoisotopic (exact) mass is 262 g/mol. The molecule has 0 radical (unpaired) electrons. The van der Waals surface area contributed by atoms with Crippen molar-refractivity contribution in [2.75, 3.05) is 44.6 Å². The summed E-state index contributed by atoms with van der Waals surface area (Å²) in [5.41, 5.74) is 0.822. The van der Waals surface area contributed by atoms with E-state index in [1.807, 2.05) is 6.07 Å². The van der Waals surface area contributed by atoms with Crippen LogP contribution in [0.1, 0.15) is 12.0 Å². The van der Waals surface area contributed by atoms with Crippen LogP contribution >= 0.6 is 0 Å². The highest BCUT2D eigenvalue weighted by molar-refractivity contribution is 5.48. The number of benzene rings is 1. The number of hydrogen-bond donors (Lipinski definition) is 2. The van der Waals surface area contributed by atoms with Crippen LogP contribution in [-0.2, 0) is 0 Å². The number of nitriles is 1. The lowest BCUT2D eigenvalue weighted by molar-refractivity contribution is 0.240. The van der Waals surface area contributed by atoms with Gasteiger partial charge in [-0.2, -0.15) is 5.26 Å². The molecular weight excluding hydrogens is 243 g/mol. The summed E-state index contributed by atoms with van der Waals surface area (Å²) in [6.45, 7) is 6.06. The zero-order valence-electron chi connectivity index (χ0n) is 11.0. The molecule has 0 saturated carbocycles. The second kappa shape index (κ2) is 7.07. The van der Waals surface area contributed by atoms with E-state index in [4.69, 9.17) is 5.26 Å². The van der Waals surface area contributed by atoms with Crippen molar-refractivity contribution in [3.63, 3.8) is 0 Å². The van der Waals surface area contributed by atoms with Crippen molar-refractivity contribution < 1.29 is 4.39 Å². The number of anilines is 1. The number of rotatable bonds is 5. The number of nitrogens with zero attached hydrogens (tertiary/aromatic N) is 2. The minimum atomic E-state index is -0.360. The Balaban J connectivity index is 1.72. The van der Waals surface area contributed by atoms with Gasteiger partial charge in [-0.05, 0) is 31.2 Å². The zero-order valence-corrected chi connectivity index (χ0v) is 11.0. The maximum atomic E-state index is 13.6. The topological polar surface area (TPSA) is 51.1 Å². The fourth-order valence-corrected chi connectivity index (χ4v) is 2.19. The Morgan fingerprint density at radius 1 is 1.37 bits per heavy atom. The Bertz CT molecular complexity index is 449. The van der Waals surface area contributed by atoms with Crippen molar-refractivity contribution in [2.45, 2.75) is 6.42 Å². The lowest BCUT2D eigenvalue weighted by Gasteiger charge is -2.27. The van der Waals surface area contributed by atoms with Crippen LogP contribution in [0.2, 0.25) is 0 Å². The first-order valence-corrected chi connectivity index (χ1v) is 6.66. The van der Waals surface area contributed by atoms with E-state index in [1.165, 1.54) is 6.07 Å². The van der Waals surface area contributed by atoms with Crippen LogP contribution in [0.3, 0.4) is 0 Å². The predicted octanol–water partition coefficient (Wildman–Crippen LogP) is 1.40. The summed E-state index contributed by atoms with van der Waals surface area (Å²) < 4.78 is 13.6. The van der Waals surface area contributed by atoms with E-state index < -0.39 is 0 Å². The van der Waals surface area contributed by atoms with Crippen LogP contribution in [0.25, 0.3) is 0 Å². The molecule has 1 saturated heterocycles. The number of hydrogen-bond acceptors (Lipinski definition) is 4. The normalized spacial score (nSPS) is 16.0. The molecule has 1 aliphatic rings. The summed E-state index contributed by atoms with van der Waals surface area (Å²) in [5.74, 6) is -0.360. The summed E-state index contributed by atoms with van der Waals surface area (Å²) in [7, 11) is 0. The minimum Gasteiger partial charge on any atom is -0.383 e. The zero-order chi connectivity index (χ0) is 13.5. The number of nitrogens with one attached hydrogen (secondary N) is 2. The lowest BCUT2D eigenvalue weighted by atomic mass is 10.2. The van der Waals surface area contributed by atoms with Gasteiger partial charge in [0, 0.05) is 32.7 Å². The molecule has 2 N–H and O–H groups in total. The highest BCUT2D eigenvalue weighted by atomic mass is 19.1. The maximum Gasteiger partial charge on any atom is 0.147 e. The summed E-state index contributed by atoms with van der Waals surface area (Å²) >= 11 is 0. The van der Waals surface area contributed by atoms with Gasteiger partial charge >= 0.3 is 0 Å². The third-order valence-corrected chi connectivity index (χ3v) is 3.27. The molecule has 102 valence electrons. The highest BCUT2D eigenvalue weighted by Crippen LogP contribution is 2.15. The average Bonchev–Trinajstić information content (AvgIpc) is 2.46. The maximum absolute atomic E-state index is 13.6. The summed E-state index contributed by atoms with van der Waals surface area (Å²) in [4.78, 5) is 2.41. The third kappa shape index (κ3) is 4.19. The molecule has 19 heavy (non-hydrogen) atoms. The Kier molecular flexibility index (Phi) is 5.13. The van der Waals surface area contributed by atoms with E-state index in [9.17, 15) is 4.39 Å². The SMILES string of the molecule is N#Cc1ccc(NCCCN2CCNCC2)c(F)c1. The van der Waals surface area contributed by atoms with Crippen LogP contribution in [0.15, 0.2) is 18.2 Å². The second-order valence-corrected chi connectivity index (χ2v) is 4.68. The van der Waals surface area contributed by atoms with Gasteiger partial charge in [0.25, 0.3) is 0 Å². The fraction of sp³-hybridized carbons (Fsp3) is 0.500. The van der Waals surface area contributed by atoms with Gasteiger partial charge in [0.05, 0.1) is 17.3 Å². The van der Waals surface area contributed by atoms with Crippen LogP contribution in [0.4, 0.5) is 10.1 Å². The van der Waals surface area contributed by atoms with Gasteiger partial charge in [0.2, 0.25) is 0 Å². The molecule has 0 atom stereocenters. The van der Waals surface area contributed by atoms with Crippen molar-refractivity contribution in [1.82, 2.24) is 10.2 Å². The lowest BCUT2D eigenvalue weighted by Crippen LogP contribution is -2.44. The Hall–Kier alpha value is -1.64. The van der Waals surface area contributed by atoms with E-state index in [1.54, 1.807) is 12.1 Å². The van der Waals surface area contributed by atoms with E-state index in [2.05, 4.69) is 15.5 Å². The Labute approximate surface area is 113 Å². The fourth-order valence-electron chi connectivity index (χ4n) is 2.19. The van der Waals surface area contributed by atoms with Crippen molar-refractivity contribution in [2.24, 2.45) is 0 Å². The summed E-state index contributed by atoms with van der Waals surface area (Å²) in [6, 6.07) is 6.44. The molecule has 1 aromatic carbocycles. The van der Waals surface area contributed by atoms with Crippen molar-refractivity contribution in [3.8, 4) is 6.07 Å². The van der Waals surface area contributed by atoms with Crippen LogP contribution in [-0.4, -0.2) is 44.2 Å². The standard InChI is InChI=1S/C14H19FN4/c15-13-10-12(11-16)2-3-14(13)18-4-1-7-19-8-5-17-6-9-19/h2-3,10,17-18H,1,4-9H2. The molecule has 1 aliphatic heterocycles. The summed E-state index contributed by atoms with van der Waals surface area (Å²) in [5, 5.41) is 15.1. The van der Waals surface area contributed by atoms with Crippen LogP contribution < -0.4 is 10.6 Å². The summed E-state index contributed by atoms with van der Waals surface area (Å²) in [6.07, 6.45) is 0.986. The molecule has 1 aromatic rings. The van der Waals surface area contributed by atoms with Crippen LogP contribution in [0, 0.1) is 17.1 Å². The Morgan fingerprint density at radius 3 is 2.84 bits per heavy atom. The first-order valence-electron chi connectivity index (χ1n) is 6.66. The van der Waals surface area contributed by atoms with Crippen molar-refractivity contribution in [3.05, 3.63) is 29.6 Å². The van der Waals surface area contributed by atoms with Gasteiger partial charge in [-0.1, -0.05) is 0 Å². The molecule has 1 heterocycles. The van der Waals surface area contributed by atoms with E-state index >= 15 is 0 Å². The van der Waals surface area contributed by atoms with Gasteiger partial charge in [-0.25, -0.2) is 4.39 Å². The highest BCUT2D eigenvalue weighted by Gasteiger charge is 2.08. The van der Waals surface area contributed by atoms with Gasteiger partial charge in [-0.3, -0.25) is 0 Å². The Morgan fingerprint density at radius 2 is 2.16 bits per heavy atom. The van der Waals surface area contributed by atoms with Gasteiger partial charge in [-0.15, -0.1) is 0 Å². The molecule has 0 unspecified atom stereocenters. The minimum absolute atomic E-state index is 0.351. The third-order valence-electron chi connectivity index (χ3n) is 3.27. The molecule has 0 spiro atoms. The van der Waals surface area contributed by atoms with E-state index in [0.29, 0.717) is 11.3 Å². The largest absolute Gasteiger partial charge is 0.383 e. The predicted molar refractivity (Wildman–Crippen MR) is 73.5 cm³/mol. The van der Waals surface area contributed by atoms with Crippen LogP contribution in [0.5, 0.6) is 0 Å². The molecular formula is C14H19FN4. The second-order valence-electron chi connectivity index (χ2n) is 4.68. The molecule has 0 bridgehead atoms. The molecule has 0 aliphatic carbocycles. The molecule has 2 rings (SSSR count). The molecule has 4 nitrogen and oxygen atoms in total. The van der Waals surface area contributed by atoms with Crippen molar-refractivity contribution >= 4 is 5.69 Å². The van der Waals surface area contributed by atoms with Gasteiger partial charge in [0.15, 0.2) is 0 Å². The average molecular weight is 262 g/mol.